The predicted molar refractivity (Wildman–Crippen MR) is 72.5 cm³/mol. The summed E-state index contributed by atoms with van der Waals surface area (Å²) in [5, 5.41) is 12.8. The summed E-state index contributed by atoms with van der Waals surface area (Å²) in [6, 6.07) is 11.2. The van der Waals surface area contributed by atoms with Gasteiger partial charge in [-0.2, -0.15) is 5.26 Å². The molecule has 2 aromatic rings. The van der Waals surface area contributed by atoms with Crippen molar-refractivity contribution in [3.8, 4) is 6.07 Å². The molecule has 0 fully saturated rings. The van der Waals surface area contributed by atoms with E-state index in [1.54, 1.807) is 18.2 Å². The number of aryl methyl sites for hydroxylation is 1. The molecular formula is C14H12ClN3. The van der Waals surface area contributed by atoms with E-state index in [9.17, 15) is 0 Å². The van der Waals surface area contributed by atoms with Gasteiger partial charge in [0.05, 0.1) is 23.5 Å². The van der Waals surface area contributed by atoms with Crippen LogP contribution in [0, 0.1) is 18.3 Å². The van der Waals surface area contributed by atoms with Gasteiger partial charge in [-0.3, -0.25) is 4.98 Å². The number of nitrogens with one attached hydrogen (secondary N) is 1. The van der Waals surface area contributed by atoms with Crippen molar-refractivity contribution in [2.24, 2.45) is 0 Å². The summed E-state index contributed by atoms with van der Waals surface area (Å²) in [6.07, 6.45) is 1.82. The maximum absolute atomic E-state index is 8.99. The molecule has 0 amide bonds. The molecule has 1 aromatic carbocycles. The van der Waals surface area contributed by atoms with Gasteiger partial charge in [-0.25, -0.2) is 0 Å². The zero-order chi connectivity index (χ0) is 13.0. The summed E-state index contributed by atoms with van der Waals surface area (Å²) in [4.78, 5) is 4.29. The minimum atomic E-state index is 0.565. The van der Waals surface area contributed by atoms with Crippen molar-refractivity contribution in [2.45, 2.75) is 13.5 Å². The Labute approximate surface area is 111 Å². The third-order valence-electron chi connectivity index (χ3n) is 2.53. The number of rotatable bonds is 3. The van der Waals surface area contributed by atoms with Crippen LogP contribution in [0.3, 0.4) is 0 Å². The van der Waals surface area contributed by atoms with E-state index in [4.69, 9.17) is 16.9 Å². The first-order valence-electron chi connectivity index (χ1n) is 5.54. The van der Waals surface area contributed by atoms with E-state index < -0.39 is 0 Å². The third kappa shape index (κ3) is 2.99. The highest BCUT2D eigenvalue weighted by Gasteiger charge is 2.03. The Hall–Kier alpha value is -2.05. The lowest BCUT2D eigenvalue weighted by atomic mass is 10.2. The predicted octanol–water partition coefficient (Wildman–Crippen LogP) is 3.53. The average Bonchev–Trinajstić information content (AvgIpc) is 2.38. The van der Waals surface area contributed by atoms with Gasteiger partial charge in [0.1, 0.15) is 6.07 Å². The fourth-order valence-corrected chi connectivity index (χ4v) is 1.72. The molecule has 2 rings (SSSR count). The molecule has 3 nitrogen and oxygen atoms in total. The van der Waals surface area contributed by atoms with Gasteiger partial charge in [0.25, 0.3) is 0 Å². The first kappa shape index (κ1) is 12.4. The lowest BCUT2D eigenvalue weighted by molar-refractivity contribution is 1.04. The van der Waals surface area contributed by atoms with E-state index in [0.717, 1.165) is 16.9 Å². The van der Waals surface area contributed by atoms with Crippen molar-refractivity contribution in [1.29, 1.82) is 5.26 Å². The molecule has 90 valence electrons. The SMILES string of the molecule is Cc1ccc(CNc2cc(Cl)ccc2C#N)nc1. The van der Waals surface area contributed by atoms with E-state index in [1.165, 1.54) is 0 Å². The van der Waals surface area contributed by atoms with E-state index >= 15 is 0 Å². The van der Waals surface area contributed by atoms with E-state index in [-0.39, 0.29) is 0 Å². The fraction of sp³-hybridized carbons (Fsp3) is 0.143. The van der Waals surface area contributed by atoms with Crippen molar-refractivity contribution in [2.75, 3.05) is 5.32 Å². The van der Waals surface area contributed by atoms with Gasteiger partial charge in [-0.1, -0.05) is 17.7 Å². The van der Waals surface area contributed by atoms with Crippen LogP contribution in [0.25, 0.3) is 0 Å². The van der Waals surface area contributed by atoms with E-state index in [2.05, 4.69) is 16.4 Å². The van der Waals surface area contributed by atoms with Crippen LogP contribution in [-0.4, -0.2) is 4.98 Å². The van der Waals surface area contributed by atoms with Crippen LogP contribution in [0.4, 0.5) is 5.69 Å². The maximum Gasteiger partial charge on any atom is 0.101 e. The lowest BCUT2D eigenvalue weighted by Crippen LogP contribution is -2.03. The van der Waals surface area contributed by atoms with Crippen LogP contribution in [0.2, 0.25) is 5.02 Å². The molecule has 1 heterocycles. The number of nitrogens with zero attached hydrogens (tertiary/aromatic N) is 2. The molecule has 0 unspecified atom stereocenters. The summed E-state index contributed by atoms with van der Waals surface area (Å²) in [5.41, 5.74) is 3.35. The Bertz CT molecular complexity index is 585. The third-order valence-corrected chi connectivity index (χ3v) is 2.77. The maximum atomic E-state index is 8.99. The Kier molecular flexibility index (Phi) is 3.81. The molecule has 0 aliphatic carbocycles. The van der Waals surface area contributed by atoms with Crippen molar-refractivity contribution >= 4 is 17.3 Å². The summed E-state index contributed by atoms with van der Waals surface area (Å²) >= 11 is 5.91. The fourth-order valence-electron chi connectivity index (χ4n) is 1.55. The molecule has 0 atom stereocenters. The van der Waals surface area contributed by atoms with Crippen LogP contribution in [0.1, 0.15) is 16.8 Å². The molecule has 0 spiro atoms. The number of pyridine rings is 1. The van der Waals surface area contributed by atoms with Crippen molar-refractivity contribution < 1.29 is 0 Å². The first-order chi connectivity index (χ1) is 8.69. The quantitative estimate of drug-likeness (QED) is 0.915. The summed E-state index contributed by atoms with van der Waals surface area (Å²) < 4.78 is 0. The molecule has 0 bridgehead atoms. The molecule has 0 saturated carbocycles. The van der Waals surface area contributed by atoms with Gasteiger partial charge in [-0.15, -0.1) is 0 Å². The highest BCUT2D eigenvalue weighted by molar-refractivity contribution is 6.30. The minimum absolute atomic E-state index is 0.565. The summed E-state index contributed by atoms with van der Waals surface area (Å²) in [6.45, 7) is 2.56. The zero-order valence-corrected chi connectivity index (χ0v) is 10.7. The molecule has 1 N–H and O–H groups in total. The minimum Gasteiger partial charge on any atom is -0.378 e. The van der Waals surface area contributed by atoms with Gasteiger partial charge < -0.3 is 5.32 Å². The highest BCUT2D eigenvalue weighted by Crippen LogP contribution is 2.20. The monoisotopic (exact) mass is 257 g/mol. The summed E-state index contributed by atoms with van der Waals surface area (Å²) in [7, 11) is 0. The molecule has 18 heavy (non-hydrogen) atoms. The van der Waals surface area contributed by atoms with Crippen LogP contribution in [-0.2, 0) is 6.54 Å². The Balaban J connectivity index is 2.13. The normalized spacial score (nSPS) is 9.83. The second-order valence-corrected chi connectivity index (χ2v) is 4.42. The molecule has 4 heteroatoms. The second-order valence-electron chi connectivity index (χ2n) is 3.98. The van der Waals surface area contributed by atoms with Gasteiger partial charge in [0, 0.05) is 11.2 Å². The van der Waals surface area contributed by atoms with Crippen LogP contribution < -0.4 is 5.32 Å². The molecule has 0 saturated heterocycles. The van der Waals surface area contributed by atoms with Gasteiger partial charge in [0.2, 0.25) is 0 Å². The average molecular weight is 258 g/mol. The Morgan fingerprint density at radius 2 is 2.17 bits per heavy atom. The summed E-state index contributed by atoms with van der Waals surface area (Å²) in [5.74, 6) is 0. The second kappa shape index (κ2) is 5.52. The van der Waals surface area contributed by atoms with Gasteiger partial charge in [0.15, 0.2) is 0 Å². The number of aromatic nitrogens is 1. The number of nitriles is 1. The standard InChI is InChI=1S/C14H12ClN3/c1-10-2-5-13(17-8-10)9-18-14-6-12(15)4-3-11(14)7-16/h2-6,8,18H,9H2,1H3. The first-order valence-corrected chi connectivity index (χ1v) is 5.92. The number of hydrogen-bond donors (Lipinski definition) is 1. The van der Waals surface area contributed by atoms with Crippen molar-refractivity contribution in [3.05, 3.63) is 58.4 Å². The van der Waals surface area contributed by atoms with Crippen LogP contribution in [0.5, 0.6) is 0 Å². The Morgan fingerprint density at radius 1 is 1.33 bits per heavy atom. The van der Waals surface area contributed by atoms with Gasteiger partial charge >= 0.3 is 0 Å². The number of anilines is 1. The zero-order valence-electron chi connectivity index (χ0n) is 9.94. The van der Waals surface area contributed by atoms with Gasteiger partial charge in [-0.05, 0) is 36.8 Å². The number of benzene rings is 1. The molecule has 0 aliphatic heterocycles. The number of hydrogen-bond acceptors (Lipinski definition) is 3. The Morgan fingerprint density at radius 3 is 2.83 bits per heavy atom. The van der Waals surface area contributed by atoms with Crippen molar-refractivity contribution in [3.63, 3.8) is 0 Å². The number of halogens is 1. The van der Waals surface area contributed by atoms with E-state index in [0.29, 0.717) is 17.1 Å². The topological polar surface area (TPSA) is 48.7 Å². The van der Waals surface area contributed by atoms with Crippen LogP contribution in [0.15, 0.2) is 36.5 Å². The lowest BCUT2D eigenvalue weighted by Gasteiger charge is -2.08. The van der Waals surface area contributed by atoms with Crippen LogP contribution >= 0.6 is 11.6 Å². The largest absolute Gasteiger partial charge is 0.378 e. The molecular weight excluding hydrogens is 246 g/mol. The van der Waals surface area contributed by atoms with E-state index in [1.807, 2.05) is 25.3 Å². The highest BCUT2D eigenvalue weighted by atomic mass is 35.5. The van der Waals surface area contributed by atoms with Crippen molar-refractivity contribution in [1.82, 2.24) is 4.98 Å². The molecule has 0 aliphatic rings. The molecule has 1 aromatic heterocycles. The molecule has 0 radical (unpaired) electrons. The smallest absolute Gasteiger partial charge is 0.101 e.